The molecule has 0 saturated heterocycles. The van der Waals surface area contributed by atoms with Gasteiger partial charge in [-0.2, -0.15) is 0 Å². The molecule has 0 atom stereocenters. The molecule has 0 aliphatic carbocycles. The van der Waals surface area contributed by atoms with Crippen molar-refractivity contribution >= 4 is 28.6 Å². The van der Waals surface area contributed by atoms with Gasteiger partial charge in [0.1, 0.15) is 0 Å². The number of nitrogens with one attached hydrogen (secondary N) is 1. The molecule has 0 amide bonds. The zero-order valence-electron chi connectivity index (χ0n) is 10.5. The first-order chi connectivity index (χ1) is 8.69. The molecule has 2 aromatic heterocycles. The topological polar surface area (TPSA) is 28.2 Å². The number of pyridine rings is 1. The summed E-state index contributed by atoms with van der Waals surface area (Å²) in [5.74, 6) is 0. The van der Waals surface area contributed by atoms with Crippen molar-refractivity contribution in [3.05, 3.63) is 45.4 Å². The molecule has 0 bridgehead atoms. The molecule has 0 saturated carbocycles. The van der Waals surface area contributed by atoms with E-state index >= 15 is 0 Å². The summed E-state index contributed by atoms with van der Waals surface area (Å²) < 4.78 is 0.837. The standard InChI is InChI=1S/C13H16ClN3S/c1-15-8-10-7-11(5-6-16-10)17(2)9-12-3-4-13(14)18-12/h3-7,15H,8-9H2,1-2H3. The quantitative estimate of drug-likeness (QED) is 0.912. The Labute approximate surface area is 116 Å². The molecule has 3 nitrogen and oxygen atoms in total. The smallest absolute Gasteiger partial charge is 0.0931 e. The number of hydrogen-bond donors (Lipinski definition) is 1. The van der Waals surface area contributed by atoms with Crippen LogP contribution in [0.3, 0.4) is 0 Å². The van der Waals surface area contributed by atoms with Crippen molar-refractivity contribution in [2.75, 3.05) is 19.0 Å². The van der Waals surface area contributed by atoms with Gasteiger partial charge in [0.25, 0.3) is 0 Å². The minimum absolute atomic E-state index is 0.784. The van der Waals surface area contributed by atoms with Crippen LogP contribution in [0.5, 0.6) is 0 Å². The van der Waals surface area contributed by atoms with Gasteiger partial charge in [-0.3, -0.25) is 4.98 Å². The van der Waals surface area contributed by atoms with Crippen molar-refractivity contribution in [3.8, 4) is 0 Å². The van der Waals surface area contributed by atoms with Crippen molar-refractivity contribution < 1.29 is 0 Å². The van der Waals surface area contributed by atoms with Crippen LogP contribution in [-0.4, -0.2) is 19.1 Å². The van der Waals surface area contributed by atoms with E-state index in [4.69, 9.17) is 11.6 Å². The van der Waals surface area contributed by atoms with Gasteiger partial charge in [-0.1, -0.05) is 11.6 Å². The van der Waals surface area contributed by atoms with E-state index in [0.717, 1.165) is 23.1 Å². The predicted molar refractivity (Wildman–Crippen MR) is 78.4 cm³/mol. The van der Waals surface area contributed by atoms with E-state index < -0.39 is 0 Å². The molecule has 1 N–H and O–H groups in total. The van der Waals surface area contributed by atoms with Crippen molar-refractivity contribution in [1.82, 2.24) is 10.3 Å². The summed E-state index contributed by atoms with van der Waals surface area (Å²) >= 11 is 7.56. The fraction of sp³-hybridized carbons (Fsp3) is 0.308. The van der Waals surface area contributed by atoms with E-state index in [1.807, 2.05) is 25.4 Å². The highest BCUT2D eigenvalue weighted by atomic mass is 35.5. The lowest BCUT2D eigenvalue weighted by Gasteiger charge is -2.18. The molecule has 96 valence electrons. The maximum absolute atomic E-state index is 5.94. The van der Waals surface area contributed by atoms with Gasteiger partial charge in [-0.05, 0) is 31.3 Å². The zero-order chi connectivity index (χ0) is 13.0. The second-order valence-corrected chi connectivity index (χ2v) is 5.90. The van der Waals surface area contributed by atoms with Gasteiger partial charge in [0.05, 0.1) is 16.6 Å². The third-order valence-electron chi connectivity index (χ3n) is 2.62. The lowest BCUT2D eigenvalue weighted by molar-refractivity contribution is 0.789. The largest absolute Gasteiger partial charge is 0.369 e. The monoisotopic (exact) mass is 281 g/mol. The van der Waals surface area contributed by atoms with Crippen molar-refractivity contribution in [2.45, 2.75) is 13.1 Å². The van der Waals surface area contributed by atoms with Crippen LogP contribution in [0.1, 0.15) is 10.6 Å². The average molecular weight is 282 g/mol. The molecule has 0 unspecified atom stereocenters. The van der Waals surface area contributed by atoms with Crippen LogP contribution in [0.25, 0.3) is 0 Å². The summed E-state index contributed by atoms with van der Waals surface area (Å²) in [5, 5.41) is 3.11. The third-order valence-corrected chi connectivity index (χ3v) is 3.84. The molecule has 0 aliphatic heterocycles. The summed E-state index contributed by atoms with van der Waals surface area (Å²) in [7, 11) is 4.00. The SMILES string of the molecule is CNCc1cc(N(C)Cc2ccc(Cl)s2)ccn1. The third kappa shape index (κ3) is 3.45. The summed E-state index contributed by atoms with van der Waals surface area (Å²) in [6.45, 7) is 1.65. The molecule has 0 aliphatic rings. The molecule has 0 radical (unpaired) electrons. The molecule has 2 heterocycles. The van der Waals surface area contributed by atoms with Gasteiger partial charge in [0, 0.05) is 30.4 Å². The van der Waals surface area contributed by atoms with Crippen LogP contribution in [-0.2, 0) is 13.1 Å². The van der Waals surface area contributed by atoms with E-state index in [1.54, 1.807) is 11.3 Å². The minimum Gasteiger partial charge on any atom is -0.369 e. The molecule has 18 heavy (non-hydrogen) atoms. The Bertz CT molecular complexity index is 512. The maximum Gasteiger partial charge on any atom is 0.0931 e. The second-order valence-electron chi connectivity index (χ2n) is 4.10. The van der Waals surface area contributed by atoms with Gasteiger partial charge in [-0.25, -0.2) is 0 Å². The molecule has 0 aromatic carbocycles. The Morgan fingerprint density at radius 2 is 2.22 bits per heavy atom. The van der Waals surface area contributed by atoms with Gasteiger partial charge in [-0.15, -0.1) is 11.3 Å². The van der Waals surface area contributed by atoms with Crippen molar-refractivity contribution in [2.24, 2.45) is 0 Å². The number of hydrogen-bond acceptors (Lipinski definition) is 4. The van der Waals surface area contributed by atoms with Crippen molar-refractivity contribution in [1.29, 1.82) is 0 Å². The zero-order valence-corrected chi connectivity index (χ0v) is 12.1. The highest BCUT2D eigenvalue weighted by molar-refractivity contribution is 7.16. The fourth-order valence-corrected chi connectivity index (χ4v) is 2.88. The average Bonchev–Trinajstić information content (AvgIpc) is 2.75. The molecular weight excluding hydrogens is 266 g/mol. The van der Waals surface area contributed by atoms with Gasteiger partial charge in [0.15, 0.2) is 0 Å². The Morgan fingerprint density at radius 3 is 2.89 bits per heavy atom. The van der Waals surface area contributed by atoms with Crippen LogP contribution in [0, 0.1) is 0 Å². The summed E-state index contributed by atoms with van der Waals surface area (Å²) in [6, 6.07) is 8.13. The second kappa shape index (κ2) is 6.18. The Hall–Kier alpha value is -1.10. The number of thiophene rings is 1. The van der Waals surface area contributed by atoms with Crippen molar-refractivity contribution in [3.63, 3.8) is 0 Å². The summed E-state index contributed by atoms with van der Waals surface area (Å²) in [6.07, 6.45) is 1.85. The van der Waals surface area contributed by atoms with E-state index in [1.165, 1.54) is 10.6 Å². The Balaban J connectivity index is 2.08. The summed E-state index contributed by atoms with van der Waals surface area (Å²) in [5.41, 5.74) is 2.21. The lowest BCUT2D eigenvalue weighted by atomic mass is 10.3. The molecule has 2 rings (SSSR count). The van der Waals surface area contributed by atoms with Gasteiger partial charge >= 0.3 is 0 Å². The van der Waals surface area contributed by atoms with Crippen LogP contribution in [0.2, 0.25) is 4.34 Å². The molecule has 0 fully saturated rings. The number of halogens is 1. The predicted octanol–water partition coefficient (Wildman–Crippen LogP) is 3.15. The first-order valence-corrected chi connectivity index (χ1v) is 6.93. The normalized spacial score (nSPS) is 10.6. The van der Waals surface area contributed by atoms with Crippen LogP contribution < -0.4 is 10.2 Å². The highest BCUT2D eigenvalue weighted by Crippen LogP contribution is 2.24. The van der Waals surface area contributed by atoms with Gasteiger partial charge < -0.3 is 10.2 Å². The number of anilines is 1. The van der Waals surface area contributed by atoms with E-state index in [0.29, 0.717) is 0 Å². The maximum atomic E-state index is 5.94. The van der Waals surface area contributed by atoms with Crippen LogP contribution in [0.15, 0.2) is 30.5 Å². The van der Waals surface area contributed by atoms with Crippen LogP contribution >= 0.6 is 22.9 Å². The molecular formula is C13H16ClN3S. The molecule has 2 aromatic rings. The molecule has 0 spiro atoms. The van der Waals surface area contributed by atoms with Crippen LogP contribution in [0.4, 0.5) is 5.69 Å². The first-order valence-electron chi connectivity index (χ1n) is 5.74. The number of rotatable bonds is 5. The van der Waals surface area contributed by atoms with E-state index in [9.17, 15) is 0 Å². The fourth-order valence-electron chi connectivity index (χ4n) is 1.74. The Morgan fingerprint density at radius 1 is 1.39 bits per heavy atom. The minimum atomic E-state index is 0.784. The number of aromatic nitrogens is 1. The lowest BCUT2D eigenvalue weighted by Crippen LogP contribution is -2.16. The van der Waals surface area contributed by atoms with E-state index in [-0.39, 0.29) is 0 Å². The highest BCUT2D eigenvalue weighted by Gasteiger charge is 2.05. The Kier molecular flexibility index (Phi) is 4.58. The number of nitrogens with zero attached hydrogens (tertiary/aromatic N) is 2. The van der Waals surface area contributed by atoms with E-state index in [2.05, 4.69) is 34.4 Å². The molecule has 5 heteroatoms. The summed E-state index contributed by atoms with van der Waals surface area (Å²) in [4.78, 5) is 7.77. The first kappa shape index (κ1) is 13.3. The van der Waals surface area contributed by atoms with Gasteiger partial charge in [0.2, 0.25) is 0 Å².